The van der Waals surface area contributed by atoms with E-state index in [1.54, 1.807) is 17.1 Å². The molecule has 0 amide bonds. The van der Waals surface area contributed by atoms with Gasteiger partial charge in [-0.2, -0.15) is 10.2 Å². The van der Waals surface area contributed by atoms with Crippen LogP contribution in [0.1, 0.15) is 12.8 Å². The summed E-state index contributed by atoms with van der Waals surface area (Å²) in [6.07, 6.45) is 13.2. The first kappa shape index (κ1) is 20.3. The van der Waals surface area contributed by atoms with Crippen molar-refractivity contribution >= 4 is 11.3 Å². The van der Waals surface area contributed by atoms with Crippen LogP contribution < -0.4 is 9.64 Å². The third-order valence-electron chi connectivity index (χ3n) is 6.10. The Bertz CT molecular complexity index is 1400. The number of anilines is 1. The fraction of sp³-hybridized carbons (Fsp3) is 0.240. The van der Waals surface area contributed by atoms with E-state index in [1.165, 1.54) is 0 Å². The van der Waals surface area contributed by atoms with Gasteiger partial charge in [0.15, 0.2) is 0 Å². The zero-order chi connectivity index (χ0) is 22.9. The van der Waals surface area contributed by atoms with Crippen molar-refractivity contribution in [1.29, 1.82) is 0 Å². The van der Waals surface area contributed by atoms with Crippen LogP contribution in [-0.4, -0.2) is 53.5 Å². The van der Waals surface area contributed by atoms with Gasteiger partial charge in [0.05, 0.1) is 35.5 Å². The number of ether oxygens (including phenoxy) is 1. The molecule has 1 fully saturated rings. The number of nitrogens with zero attached hydrogens (tertiary/aromatic N) is 8. The SMILES string of the molecule is Cn1cc(-c2cn3nccc3c(-c3ccc(N4CCC(Oc5ccccn5)CC4)nc3)n2)cn1. The van der Waals surface area contributed by atoms with Crippen LogP contribution in [0.3, 0.4) is 0 Å². The van der Waals surface area contributed by atoms with Crippen LogP contribution in [-0.2, 0) is 7.05 Å². The van der Waals surface area contributed by atoms with Crippen LogP contribution in [0.2, 0.25) is 0 Å². The van der Waals surface area contributed by atoms with Gasteiger partial charge in [0.2, 0.25) is 5.88 Å². The quantitative estimate of drug-likeness (QED) is 0.402. The molecule has 0 aliphatic carbocycles. The minimum atomic E-state index is 0.181. The van der Waals surface area contributed by atoms with Gasteiger partial charge in [0, 0.05) is 68.8 Å². The highest BCUT2D eigenvalue weighted by molar-refractivity contribution is 5.78. The molecule has 9 heteroatoms. The van der Waals surface area contributed by atoms with Gasteiger partial charge in [-0.1, -0.05) is 6.07 Å². The van der Waals surface area contributed by atoms with Crippen molar-refractivity contribution in [3.05, 3.63) is 73.6 Å². The van der Waals surface area contributed by atoms with Gasteiger partial charge in [0.1, 0.15) is 11.9 Å². The predicted molar refractivity (Wildman–Crippen MR) is 129 cm³/mol. The van der Waals surface area contributed by atoms with Crippen molar-refractivity contribution in [2.75, 3.05) is 18.0 Å². The summed E-state index contributed by atoms with van der Waals surface area (Å²) in [6.45, 7) is 1.79. The van der Waals surface area contributed by atoms with E-state index in [2.05, 4.69) is 32.2 Å². The lowest BCUT2D eigenvalue weighted by molar-refractivity contribution is 0.164. The van der Waals surface area contributed by atoms with E-state index in [0.29, 0.717) is 5.88 Å². The molecule has 1 aliphatic heterocycles. The van der Waals surface area contributed by atoms with E-state index in [-0.39, 0.29) is 6.10 Å². The first-order chi connectivity index (χ1) is 16.7. The van der Waals surface area contributed by atoms with Crippen LogP contribution in [0.5, 0.6) is 5.88 Å². The van der Waals surface area contributed by atoms with E-state index in [1.807, 2.05) is 60.6 Å². The highest BCUT2D eigenvalue weighted by Crippen LogP contribution is 2.28. The molecule has 5 aromatic rings. The first-order valence-electron chi connectivity index (χ1n) is 11.4. The van der Waals surface area contributed by atoms with Crippen molar-refractivity contribution < 1.29 is 4.74 Å². The number of pyridine rings is 2. The number of hydrogen-bond donors (Lipinski definition) is 0. The molecule has 0 bridgehead atoms. The second kappa shape index (κ2) is 8.58. The van der Waals surface area contributed by atoms with Crippen molar-refractivity contribution in [1.82, 2.24) is 34.3 Å². The second-order valence-corrected chi connectivity index (χ2v) is 8.42. The molecule has 5 aromatic heterocycles. The summed E-state index contributed by atoms with van der Waals surface area (Å²) in [5, 5.41) is 8.70. The van der Waals surface area contributed by atoms with E-state index < -0.39 is 0 Å². The Morgan fingerprint density at radius 2 is 1.79 bits per heavy atom. The van der Waals surface area contributed by atoms with Gasteiger partial charge in [-0.25, -0.2) is 19.5 Å². The fourth-order valence-corrected chi connectivity index (χ4v) is 4.34. The molecule has 0 unspecified atom stereocenters. The van der Waals surface area contributed by atoms with Crippen molar-refractivity contribution in [2.24, 2.45) is 7.05 Å². The van der Waals surface area contributed by atoms with Crippen LogP contribution >= 0.6 is 0 Å². The number of aryl methyl sites for hydroxylation is 1. The molecule has 9 nitrogen and oxygen atoms in total. The molecule has 0 radical (unpaired) electrons. The third kappa shape index (κ3) is 3.96. The maximum absolute atomic E-state index is 6.02. The van der Waals surface area contributed by atoms with Crippen LogP contribution in [0.15, 0.2) is 73.6 Å². The highest BCUT2D eigenvalue weighted by Gasteiger charge is 2.22. The Balaban J connectivity index is 1.20. The molecule has 6 heterocycles. The van der Waals surface area contributed by atoms with Gasteiger partial charge < -0.3 is 9.64 Å². The summed E-state index contributed by atoms with van der Waals surface area (Å²) in [6, 6.07) is 11.9. The first-order valence-corrected chi connectivity index (χ1v) is 11.4. The van der Waals surface area contributed by atoms with Gasteiger partial charge >= 0.3 is 0 Å². The topological polar surface area (TPSA) is 86.3 Å². The molecule has 0 atom stereocenters. The number of piperidine rings is 1. The summed E-state index contributed by atoms with van der Waals surface area (Å²) < 4.78 is 9.64. The minimum Gasteiger partial charge on any atom is -0.474 e. The maximum Gasteiger partial charge on any atom is 0.213 e. The van der Waals surface area contributed by atoms with E-state index in [4.69, 9.17) is 14.7 Å². The Morgan fingerprint density at radius 1 is 0.882 bits per heavy atom. The number of fused-ring (bicyclic) bond motifs is 1. The molecule has 170 valence electrons. The van der Waals surface area contributed by atoms with E-state index in [0.717, 1.165) is 59.8 Å². The molecule has 6 rings (SSSR count). The van der Waals surface area contributed by atoms with Crippen LogP contribution in [0.25, 0.3) is 28.0 Å². The monoisotopic (exact) mass is 452 g/mol. The predicted octanol–water partition coefficient (Wildman–Crippen LogP) is 3.63. The lowest BCUT2D eigenvalue weighted by atomic mass is 10.1. The second-order valence-electron chi connectivity index (χ2n) is 8.42. The van der Waals surface area contributed by atoms with Crippen molar-refractivity contribution in [2.45, 2.75) is 18.9 Å². The average Bonchev–Trinajstić information content (AvgIpc) is 3.54. The van der Waals surface area contributed by atoms with Crippen LogP contribution in [0.4, 0.5) is 5.82 Å². The average molecular weight is 453 g/mol. The van der Waals surface area contributed by atoms with E-state index >= 15 is 0 Å². The zero-order valence-electron chi connectivity index (χ0n) is 18.8. The standard InChI is InChI=1S/C25H24N8O/c1-31-16-19(15-29-31)21-17-33-22(7-11-28-33)25(30-21)18-5-6-23(27-14-18)32-12-8-20(9-13-32)34-24-4-2-3-10-26-24/h2-7,10-11,14-17,20H,8-9,12-13H2,1H3. The molecule has 34 heavy (non-hydrogen) atoms. The normalized spacial score (nSPS) is 14.6. The van der Waals surface area contributed by atoms with Gasteiger partial charge in [0.25, 0.3) is 0 Å². The molecule has 0 spiro atoms. The molecule has 0 saturated carbocycles. The molecule has 0 aromatic carbocycles. The zero-order valence-corrected chi connectivity index (χ0v) is 18.8. The largest absolute Gasteiger partial charge is 0.474 e. The summed E-state index contributed by atoms with van der Waals surface area (Å²) in [5.74, 6) is 1.66. The fourth-order valence-electron chi connectivity index (χ4n) is 4.34. The molecule has 1 aliphatic rings. The number of hydrogen-bond acceptors (Lipinski definition) is 7. The third-order valence-corrected chi connectivity index (χ3v) is 6.10. The van der Waals surface area contributed by atoms with Gasteiger partial charge in [-0.05, 0) is 24.3 Å². The molecule has 0 N–H and O–H groups in total. The Hall–Kier alpha value is -4.27. The lowest BCUT2D eigenvalue weighted by Crippen LogP contribution is -2.38. The summed E-state index contributed by atoms with van der Waals surface area (Å²) >= 11 is 0. The van der Waals surface area contributed by atoms with Crippen molar-refractivity contribution in [3.63, 3.8) is 0 Å². The summed E-state index contributed by atoms with van der Waals surface area (Å²) in [5.41, 5.74) is 4.50. The Labute approximate surface area is 196 Å². The number of aromatic nitrogens is 7. The maximum atomic E-state index is 6.02. The Kier molecular flexibility index (Phi) is 5.14. The van der Waals surface area contributed by atoms with Gasteiger partial charge in [-0.15, -0.1) is 0 Å². The van der Waals surface area contributed by atoms with E-state index in [9.17, 15) is 0 Å². The Morgan fingerprint density at radius 3 is 2.53 bits per heavy atom. The molecular weight excluding hydrogens is 428 g/mol. The molecular formula is C25H24N8O. The lowest BCUT2D eigenvalue weighted by Gasteiger charge is -2.32. The summed E-state index contributed by atoms with van der Waals surface area (Å²) in [7, 11) is 1.90. The summed E-state index contributed by atoms with van der Waals surface area (Å²) in [4.78, 5) is 16.3. The minimum absolute atomic E-state index is 0.181. The van der Waals surface area contributed by atoms with Gasteiger partial charge in [-0.3, -0.25) is 4.68 Å². The molecule has 1 saturated heterocycles. The van der Waals surface area contributed by atoms with Crippen molar-refractivity contribution in [3.8, 4) is 28.4 Å². The van der Waals surface area contributed by atoms with Crippen LogP contribution in [0, 0.1) is 0 Å². The smallest absolute Gasteiger partial charge is 0.213 e. The number of rotatable bonds is 5. The highest BCUT2D eigenvalue weighted by atomic mass is 16.5.